The van der Waals surface area contributed by atoms with Gasteiger partial charge in [-0.15, -0.1) is 5.06 Å². The summed E-state index contributed by atoms with van der Waals surface area (Å²) in [6, 6.07) is 18.0. The molecule has 24 heavy (non-hydrogen) atoms. The van der Waals surface area contributed by atoms with E-state index in [-0.39, 0.29) is 5.06 Å². The monoisotopic (exact) mass is 313 g/mol. The number of amides is 2. The van der Waals surface area contributed by atoms with Gasteiger partial charge in [0.25, 0.3) is 11.8 Å². The van der Waals surface area contributed by atoms with Crippen LogP contribution in [-0.2, 0) is 0 Å². The average Bonchev–Trinajstić information content (AvgIpc) is 2.63. The Hall–Kier alpha value is -3.42. The molecular formula is C20H11NO3. The van der Waals surface area contributed by atoms with Crippen molar-refractivity contribution in [1.29, 1.82) is 0 Å². The van der Waals surface area contributed by atoms with E-state index in [0.29, 0.717) is 16.5 Å². The molecule has 0 radical (unpaired) electrons. The van der Waals surface area contributed by atoms with Crippen LogP contribution in [0.2, 0.25) is 0 Å². The van der Waals surface area contributed by atoms with Gasteiger partial charge in [0, 0.05) is 16.5 Å². The Labute approximate surface area is 137 Å². The van der Waals surface area contributed by atoms with Crippen LogP contribution < -0.4 is 0 Å². The summed E-state index contributed by atoms with van der Waals surface area (Å²) in [6.45, 7) is 0. The minimum atomic E-state index is -0.716. The number of benzene rings is 3. The number of carbonyl (C=O) groups is 2. The summed E-state index contributed by atoms with van der Waals surface area (Å²) in [5.41, 5.74) is 2.21. The molecule has 4 rings (SSSR count). The van der Waals surface area contributed by atoms with Crippen molar-refractivity contribution in [2.45, 2.75) is 0 Å². The van der Waals surface area contributed by atoms with Crippen molar-refractivity contribution >= 4 is 22.6 Å². The smallest absolute Gasteiger partial charge is 0.278 e. The lowest BCUT2D eigenvalue weighted by Gasteiger charge is -2.22. The zero-order chi connectivity index (χ0) is 16.7. The number of hydrogen-bond acceptors (Lipinski definition) is 3. The van der Waals surface area contributed by atoms with Crippen LogP contribution in [0.3, 0.4) is 0 Å². The largest absolute Gasteiger partial charge is 0.285 e. The fourth-order valence-electron chi connectivity index (χ4n) is 2.85. The van der Waals surface area contributed by atoms with Crippen LogP contribution in [0.25, 0.3) is 10.8 Å². The SMILES string of the molecule is O=C1c2cccc3c(C#Cc4ccccc4)ccc(c23)C(=O)N1O. The maximum absolute atomic E-state index is 12.1. The van der Waals surface area contributed by atoms with E-state index in [1.165, 1.54) is 0 Å². The summed E-state index contributed by atoms with van der Waals surface area (Å²) < 4.78 is 0. The number of hydrogen-bond donors (Lipinski definition) is 1. The Bertz CT molecular complexity index is 1040. The second-order valence-corrected chi connectivity index (χ2v) is 5.43. The second-order valence-electron chi connectivity index (χ2n) is 5.43. The van der Waals surface area contributed by atoms with Crippen molar-refractivity contribution in [2.24, 2.45) is 0 Å². The minimum Gasteiger partial charge on any atom is -0.278 e. The molecule has 4 heteroatoms. The topological polar surface area (TPSA) is 57.6 Å². The molecule has 0 saturated carbocycles. The predicted octanol–water partition coefficient (Wildman–Crippen LogP) is 3.22. The Morgan fingerprint density at radius 3 is 2.21 bits per heavy atom. The highest BCUT2D eigenvalue weighted by Gasteiger charge is 2.32. The normalized spacial score (nSPS) is 13.0. The molecule has 1 heterocycles. The molecule has 0 bridgehead atoms. The molecule has 0 aliphatic carbocycles. The Morgan fingerprint density at radius 1 is 0.750 bits per heavy atom. The number of imide groups is 1. The van der Waals surface area contributed by atoms with E-state index in [1.54, 1.807) is 24.3 Å². The van der Waals surface area contributed by atoms with Crippen LogP contribution in [0.5, 0.6) is 0 Å². The van der Waals surface area contributed by atoms with Crippen LogP contribution in [0.1, 0.15) is 31.8 Å². The zero-order valence-electron chi connectivity index (χ0n) is 12.5. The van der Waals surface area contributed by atoms with Crippen LogP contribution >= 0.6 is 0 Å². The van der Waals surface area contributed by atoms with Gasteiger partial charge in [-0.2, -0.15) is 0 Å². The first-order valence-electron chi connectivity index (χ1n) is 7.37. The number of hydroxylamine groups is 2. The minimum absolute atomic E-state index is 0.159. The maximum Gasteiger partial charge on any atom is 0.285 e. The van der Waals surface area contributed by atoms with E-state index in [4.69, 9.17) is 0 Å². The van der Waals surface area contributed by atoms with E-state index in [0.717, 1.165) is 16.5 Å². The van der Waals surface area contributed by atoms with E-state index in [2.05, 4.69) is 11.8 Å². The molecule has 0 aromatic heterocycles. The van der Waals surface area contributed by atoms with Crippen molar-refractivity contribution < 1.29 is 14.8 Å². The van der Waals surface area contributed by atoms with Gasteiger partial charge < -0.3 is 0 Å². The average molecular weight is 313 g/mol. The first kappa shape index (κ1) is 14.2. The fraction of sp³-hybridized carbons (Fsp3) is 0. The lowest BCUT2D eigenvalue weighted by Crippen LogP contribution is -2.37. The molecule has 114 valence electrons. The standard InChI is InChI=1S/C20H11NO3/c22-19-16-8-4-7-15-14(10-9-13-5-2-1-3-6-13)11-12-17(18(15)16)20(23)21(19)24/h1-8,11-12,24H. The van der Waals surface area contributed by atoms with E-state index in [9.17, 15) is 14.8 Å². The number of rotatable bonds is 0. The predicted molar refractivity (Wildman–Crippen MR) is 88.7 cm³/mol. The van der Waals surface area contributed by atoms with Gasteiger partial charge in [0.1, 0.15) is 0 Å². The van der Waals surface area contributed by atoms with Gasteiger partial charge in [-0.3, -0.25) is 14.8 Å². The number of carbonyl (C=O) groups excluding carboxylic acids is 2. The molecule has 1 aliphatic heterocycles. The molecular weight excluding hydrogens is 302 g/mol. The molecule has 0 saturated heterocycles. The van der Waals surface area contributed by atoms with Crippen molar-refractivity contribution in [1.82, 2.24) is 5.06 Å². The third-order valence-electron chi connectivity index (χ3n) is 4.00. The molecule has 3 aromatic carbocycles. The third-order valence-corrected chi connectivity index (χ3v) is 4.00. The first-order chi connectivity index (χ1) is 11.7. The maximum atomic E-state index is 12.1. The lowest BCUT2D eigenvalue weighted by atomic mass is 9.92. The van der Waals surface area contributed by atoms with Crippen molar-refractivity contribution in [3.05, 3.63) is 82.9 Å². The molecule has 4 nitrogen and oxygen atoms in total. The Kier molecular flexibility index (Phi) is 3.16. The van der Waals surface area contributed by atoms with Crippen LogP contribution in [0.15, 0.2) is 60.7 Å². The molecule has 3 aromatic rings. The summed E-state index contributed by atoms with van der Waals surface area (Å²) in [4.78, 5) is 24.2. The summed E-state index contributed by atoms with van der Waals surface area (Å²) in [5, 5.41) is 11.1. The highest BCUT2D eigenvalue weighted by atomic mass is 16.5. The molecule has 2 amide bonds. The Morgan fingerprint density at radius 2 is 1.46 bits per heavy atom. The summed E-state index contributed by atoms with van der Waals surface area (Å²) in [5.74, 6) is 4.75. The van der Waals surface area contributed by atoms with E-state index < -0.39 is 11.8 Å². The summed E-state index contributed by atoms with van der Waals surface area (Å²) in [7, 11) is 0. The molecule has 0 atom stereocenters. The van der Waals surface area contributed by atoms with E-state index in [1.807, 2.05) is 36.4 Å². The fourth-order valence-corrected chi connectivity index (χ4v) is 2.85. The molecule has 1 N–H and O–H groups in total. The molecule has 1 aliphatic rings. The van der Waals surface area contributed by atoms with Gasteiger partial charge >= 0.3 is 0 Å². The molecule has 0 spiro atoms. The van der Waals surface area contributed by atoms with Crippen molar-refractivity contribution in [2.75, 3.05) is 0 Å². The van der Waals surface area contributed by atoms with E-state index >= 15 is 0 Å². The molecule has 0 fully saturated rings. The highest BCUT2D eigenvalue weighted by Crippen LogP contribution is 2.31. The Balaban J connectivity index is 1.95. The summed E-state index contributed by atoms with van der Waals surface area (Å²) >= 11 is 0. The van der Waals surface area contributed by atoms with Crippen molar-refractivity contribution in [3.63, 3.8) is 0 Å². The highest BCUT2D eigenvalue weighted by molar-refractivity contribution is 6.25. The van der Waals surface area contributed by atoms with Gasteiger partial charge in [0.2, 0.25) is 0 Å². The second kappa shape index (κ2) is 5.34. The lowest BCUT2D eigenvalue weighted by molar-refractivity contribution is -0.0377. The third kappa shape index (κ3) is 2.08. The first-order valence-corrected chi connectivity index (χ1v) is 7.37. The van der Waals surface area contributed by atoms with Gasteiger partial charge in [0.15, 0.2) is 0 Å². The summed E-state index contributed by atoms with van der Waals surface area (Å²) in [6.07, 6.45) is 0. The number of nitrogens with zero attached hydrogens (tertiary/aromatic N) is 1. The van der Waals surface area contributed by atoms with Gasteiger partial charge in [-0.25, -0.2) is 0 Å². The van der Waals surface area contributed by atoms with Crippen LogP contribution in [0, 0.1) is 11.8 Å². The van der Waals surface area contributed by atoms with Crippen molar-refractivity contribution in [3.8, 4) is 11.8 Å². The van der Waals surface area contributed by atoms with Gasteiger partial charge in [0.05, 0.1) is 11.1 Å². The zero-order valence-corrected chi connectivity index (χ0v) is 12.5. The van der Waals surface area contributed by atoms with Crippen LogP contribution in [-0.4, -0.2) is 22.1 Å². The molecule has 0 unspecified atom stereocenters. The quantitative estimate of drug-likeness (QED) is 0.394. The van der Waals surface area contributed by atoms with Gasteiger partial charge in [-0.1, -0.05) is 42.2 Å². The van der Waals surface area contributed by atoms with Crippen LogP contribution in [0.4, 0.5) is 0 Å². The van der Waals surface area contributed by atoms with Gasteiger partial charge in [-0.05, 0) is 35.7 Å².